The molecular weight excluding hydrogens is 380 g/mol. The van der Waals surface area contributed by atoms with Crippen molar-refractivity contribution in [2.45, 2.75) is 16.3 Å². The zero-order valence-corrected chi connectivity index (χ0v) is 14.6. The van der Waals surface area contributed by atoms with Crippen LogP contribution in [-0.4, -0.2) is 14.7 Å². The van der Waals surface area contributed by atoms with Gasteiger partial charge >= 0.3 is 0 Å². The lowest BCUT2D eigenvalue weighted by Gasteiger charge is -2.10. The Morgan fingerprint density at radius 2 is 2.10 bits per heavy atom. The maximum absolute atomic E-state index is 12.4. The van der Waals surface area contributed by atoms with E-state index in [4.69, 9.17) is 5.73 Å². The van der Waals surface area contributed by atoms with Crippen LogP contribution in [0.4, 0.5) is 5.69 Å². The van der Waals surface area contributed by atoms with Crippen molar-refractivity contribution < 1.29 is 8.42 Å². The number of hydrogen-bond acceptors (Lipinski definition) is 5. The molecule has 0 saturated heterocycles. The van der Waals surface area contributed by atoms with Crippen molar-refractivity contribution in [3.63, 3.8) is 0 Å². The first-order valence-corrected chi connectivity index (χ1v) is 9.94. The fraction of sp³-hybridized carbons (Fsp3) is 0.167. The third-order valence-corrected chi connectivity index (χ3v) is 6.98. The smallest absolute Gasteiger partial charge is 0.263 e. The van der Waals surface area contributed by atoms with Gasteiger partial charge in [-0.05, 0) is 40.4 Å². The average molecular weight is 393 g/mol. The fourth-order valence-corrected chi connectivity index (χ4v) is 5.87. The molecule has 0 bridgehead atoms. The zero-order chi connectivity index (χ0) is 14.8. The molecule has 0 spiro atoms. The number of thioether (sulfide) groups is 1. The molecule has 1 aromatic heterocycles. The van der Waals surface area contributed by atoms with E-state index in [1.54, 1.807) is 18.2 Å². The van der Waals surface area contributed by atoms with Gasteiger partial charge in [-0.2, -0.15) is 0 Å². The molecule has 3 N–H and O–H groups in total. The minimum atomic E-state index is -3.62. The van der Waals surface area contributed by atoms with Crippen LogP contribution in [0.3, 0.4) is 0 Å². The van der Waals surface area contributed by atoms with Gasteiger partial charge in [0.05, 0.1) is 9.47 Å². The number of sulfonamides is 1. The number of nitrogens with one attached hydrogen (secondary N) is 1. The van der Waals surface area contributed by atoms with Gasteiger partial charge in [0.15, 0.2) is 0 Å². The van der Waals surface area contributed by atoms with Crippen LogP contribution in [0.2, 0.25) is 0 Å². The van der Waals surface area contributed by atoms with Crippen molar-refractivity contribution in [1.29, 1.82) is 0 Å². The lowest BCUT2D eigenvalue weighted by Crippen LogP contribution is -2.13. The average Bonchev–Trinajstić information content (AvgIpc) is 2.81. The summed E-state index contributed by atoms with van der Waals surface area (Å²) in [6.45, 7) is 0.320. The van der Waals surface area contributed by atoms with Crippen molar-refractivity contribution in [2.75, 3.05) is 11.0 Å². The van der Waals surface area contributed by atoms with Gasteiger partial charge in [-0.3, -0.25) is 4.72 Å². The van der Waals surface area contributed by atoms with Crippen molar-refractivity contribution in [3.8, 4) is 0 Å². The quantitative estimate of drug-likeness (QED) is 0.763. The summed E-state index contributed by atoms with van der Waals surface area (Å²) in [5, 5.41) is 0. The number of rotatable bonds is 5. The van der Waals surface area contributed by atoms with Gasteiger partial charge in [0.1, 0.15) is 4.90 Å². The second kappa shape index (κ2) is 6.48. The highest BCUT2D eigenvalue weighted by Crippen LogP contribution is 2.34. The molecule has 2 aromatic rings. The van der Waals surface area contributed by atoms with E-state index in [1.165, 1.54) is 23.1 Å². The monoisotopic (exact) mass is 392 g/mol. The Bertz CT molecular complexity index is 713. The molecule has 2 rings (SSSR count). The van der Waals surface area contributed by atoms with Crippen LogP contribution in [0.1, 0.15) is 4.88 Å². The van der Waals surface area contributed by atoms with E-state index in [9.17, 15) is 8.42 Å². The molecule has 0 aliphatic carbocycles. The summed E-state index contributed by atoms with van der Waals surface area (Å²) in [4.78, 5) is 1.91. The van der Waals surface area contributed by atoms with Gasteiger partial charge < -0.3 is 5.73 Å². The third kappa shape index (κ3) is 3.37. The Morgan fingerprint density at radius 1 is 1.40 bits per heavy atom. The molecule has 1 aromatic carbocycles. The summed E-state index contributed by atoms with van der Waals surface area (Å²) in [5.74, 6) is 0. The van der Waals surface area contributed by atoms with Crippen molar-refractivity contribution in [3.05, 3.63) is 39.0 Å². The first-order chi connectivity index (χ1) is 9.47. The van der Waals surface area contributed by atoms with Gasteiger partial charge in [0.2, 0.25) is 0 Å². The van der Waals surface area contributed by atoms with Crippen LogP contribution >= 0.6 is 39.0 Å². The van der Waals surface area contributed by atoms with Gasteiger partial charge in [-0.25, -0.2) is 8.42 Å². The molecule has 1 heterocycles. The second-order valence-electron chi connectivity index (χ2n) is 3.86. The summed E-state index contributed by atoms with van der Waals surface area (Å²) < 4.78 is 28.1. The third-order valence-electron chi connectivity index (χ3n) is 2.55. The SMILES string of the molecule is CSc1ccccc1NS(=O)(=O)c1cc(CN)sc1Br. The second-order valence-corrected chi connectivity index (χ2v) is 8.81. The first-order valence-electron chi connectivity index (χ1n) is 5.62. The standard InChI is InChI=1S/C12H13BrN2O2S3/c1-18-10-5-3-2-4-9(10)15-20(16,17)11-6-8(7-14)19-12(11)13/h2-6,15H,7,14H2,1H3. The first kappa shape index (κ1) is 15.8. The highest BCUT2D eigenvalue weighted by atomic mass is 79.9. The summed E-state index contributed by atoms with van der Waals surface area (Å²) in [6, 6.07) is 8.88. The van der Waals surface area contributed by atoms with Crippen LogP contribution < -0.4 is 10.5 Å². The van der Waals surface area contributed by atoms with E-state index in [0.29, 0.717) is 16.0 Å². The number of hydrogen-bond donors (Lipinski definition) is 2. The molecule has 0 fully saturated rings. The number of benzene rings is 1. The van der Waals surface area contributed by atoms with Gasteiger partial charge in [0, 0.05) is 16.3 Å². The summed E-state index contributed by atoms with van der Waals surface area (Å²) in [5.41, 5.74) is 6.12. The minimum absolute atomic E-state index is 0.221. The van der Waals surface area contributed by atoms with Crippen molar-refractivity contribution in [1.82, 2.24) is 0 Å². The van der Waals surface area contributed by atoms with E-state index in [2.05, 4.69) is 20.7 Å². The number of halogens is 1. The summed E-state index contributed by atoms with van der Waals surface area (Å²) >= 11 is 6.10. The van der Waals surface area contributed by atoms with E-state index in [-0.39, 0.29) is 4.90 Å². The molecule has 8 heteroatoms. The maximum Gasteiger partial charge on any atom is 0.263 e. The lowest BCUT2D eigenvalue weighted by atomic mass is 10.3. The highest BCUT2D eigenvalue weighted by molar-refractivity contribution is 9.11. The normalized spacial score (nSPS) is 11.6. The van der Waals surface area contributed by atoms with Crippen LogP contribution in [0, 0.1) is 0 Å². The van der Waals surface area contributed by atoms with Gasteiger partial charge in [-0.15, -0.1) is 23.1 Å². The number of thiophene rings is 1. The highest BCUT2D eigenvalue weighted by Gasteiger charge is 2.21. The van der Waals surface area contributed by atoms with E-state index < -0.39 is 10.0 Å². The van der Waals surface area contributed by atoms with E-state index >= 15 is 0 Å². The van der Waals surface area contributed by atoms with E-state index in [0.717, 1.165) is 9.77 Å². The molecule has 0 atom stereocenters. The lowest BCUT2D eigenvalue weighted by molar-refractivity contribution is 0.601. The molecule has 20 heavy (non-hydrogen) atoms. The molecule has 0 unspecified atom stereocenters. The molecular formula is C12H13BrN2O2S3. The summed E-state index contributed by atoms with van der Waals surface area (Å²) in [6.07, 6.45) is 1.90. The molecule has 0 aliphatic heterocycles. The number of para-hydroxylation sites is 1. The Hall–Kier alpha value is -0.540. The Kier molecular flexibility index (Phi) is 5.14. The fourth-order valence-electron chi connectivity index (χ4n) is 1.61. The maximum atomic E-state index is 12.4. The Morgan fingerprint density at radius 3 is 2.70 bits per heavy atom. The van der Waals surface area contributed by atoms with Crippen molar-refractivity contribution in [2.24, 2.45) is 5.73 Å². The van der Waals surface area contributed by atoms with Crippen molar-refractivity contribution >= 4 is 54.7 Å². The van der Waals surface area contributed by atoms with E-state index in [1.807, 2.05) is 18.4 Å². The van der Waals surface area contributed by atoms with Crippen LogP contribution in [0.5, 0.6) is 0 Å². The summed E-state index contributed by atoms with van der Waals surface area (Å²) in [7, 11) is -3.62. The molecule has 0 aliphatic rings. The Labute approximate surface area is 134 Å². The molecule has 0 amide bonds. The van der Waals surface area contributed by atoms with Crippen LogP contribution in [0.25, 0.3) is 0 Å². The number of nitrogens with two attached hydrogens (primary N) is 1. The van der Waals surface area contributed by atoms with Crippen LogP contribution in [-0.2, 0) is 16.6 Å². The topological polar surface area (TPSA) is 72.2 Å². The molecule has 0 saturated carbocycles. The van der Waals surface area contributed by atoms with Gasteiger partial charge in [0.25, 0.3) is 10.0 Å². The largest absolute Gasteiger partial charge is 0.326 e. The molecule has 108 valence electrons. The minimum Gasteiger partial charge on any atom is -0.326 e. The molecule has 0 radical (unpaired) electrons. The predicted octanol–water partition coefficient (Wildman–Crippen LogP) is 3.49. The van der Waals surface area contributed by atoms with Gasteiger partial charge in [-0.1, -0.05) is 12.1 Å². The number of anilines is 1. The predicted molar refractivity (Wildman–Crippen MR) is 88.9 cm³/mol. The van der Waals surface area contributed by atoms with Crippen LogP contribution in [0.15, 0.2) is 43.9 Å². The Balaban J connectivity index is 2.38. The zero-order valence-electron chi connectivity index (χ0n) is 10.6. The molecule has 4 nitrogen and oxygen atoms in total.